The lowest BCUT2D eigenvalue weighted by molar-refractivity contribution is -0.115. The summed E-state index contributed by atoms with van der Waals surface area (Å²) in [7, 11) is 0. The lowest BCUT2D eigenvalue weighted by atomic mass is 10.1. The number of amides is 1. The van der Waals surface area contributed by atoms with E-state index in [0.717, 1.165) is 10.0 Å². The van der Waals surface area contributed by atoms with Crippen LogP contribution in [-0.4, -0.2) is 5.91 Å². The van der Waals surface area contributed by atoms with E-state index in [4.69, 9.17) is 23.2 Å². The minimum absolute atomic E-state index is 0.106. The summed E-state index contributed by atoms with van der Waals surface area (Å²) >= 11 is 15.1. The predicted octanol–water partition coefficient (Wildman–Crippen LogP) is 4.94. The molecule has 0 unspecified atom stereocenters. The smallest absolute Gasteiger partial charge is 0.228 e. The molecule has 0 radical (unpaired) electrons. The normalized spacial score (nSPS) is 10.3. The van der Waals surface area contributed by atoms with Gasteiger partial charge in [0, 0.05) is 10.2 Å². The molecule has 2 aromatic rings. The Morgan fingerprint density at radius 1 is 1.11 bits per heavy atom. The summed E-state index contributed by atoms with van der Waals surface area (Å²) in [4.78, 5) is 11.9. The van der Waals surface area contributed by atoms with Crippen LogP contribution >= 0.6 is 39.1 Å². The van der Waals surface area contributed by atoms with Crippen molar-refractivity contribution in [2.75, 3.05) is 5.32 Å². The highest BCUT2D eigenvalue weighted by Gasteiger charge is 2.07. The van der Waals surface area contributed by atoms with E-state index in [1.807, 2.05) is 24.3 Å². The summed E-state index contributed by atoms with van der Waals surface area (Å²) in [5.74, 6) is -0.106. The van der Waals surface area contributed by atoms with Gasteiger partial charge in [-0.05, 0) is 29.8 Å². The van der Waals surface area contributed by atoms with Gasteiger partial charge in [0.15, 0.2) is 0 Å². The second-order valence-corrected chi connectivity index (χ2v) is 5.61. The van der Waals surface area contributed by atoms with Crippen LogP contribution in [0.25, 0.3) is 0 Å². The zero-order chi connectivity index (χ0) is 13.8. The molecule has 0 aromatic heterocycles. The molecule has 2 aromatic carbocycles. The molecule has 0 aliphatic heterocycles. The topological polar surface area (TPSA) is 29.1 Å². The molecule has 0 fully saturated rings. The van der Waals surface area contributed by atoms with Crippen molar-refractivity contribution in [2.24, 2.45) is 0 Å². The van der Waals surface area contributed by atoms with Gasteiger partial charge in [0.25, 0.3) is 0 Å². The molecule has 0 saturated heterocycles. The minimum Gasteiger partial charge on any atom is -0.326 e. The Kier molecular flexibility index (Phi) is 4.86. The van der Waals surface area contributed by atoms with Gasteiger partial charge in [-0.15, -0.1) is 0 Å². The van der Waals surface area contributed by atoms with E-state index in [2.05, 4.69) is 21.2 Å². The summed E-state index contributed by atoms with van der Waals surface area (Å²) in [5.41, 5.74) is 1.56. The maximum atomic E-state index is 11.9. The van der Waals surface area contributed by atoms with Gasteiger partial charge in [0.2, 0.25) is 5.91 Å². The van der Waals surface area contributed by atoms with Gasteiger partial charge in [0.1, 0.15) is 0 Å². The van der Waals surface area contributed by atoms with Crippen LogP contribution in [0.15, 0.2) is 46.9 Å². The predicted molar refractivity (Wildman–Crippen MR) is 82.9 cm³/mol. The van der Waals surface area contributed by atoms with Crippen LogP contribution in [0.2, 0.25) is 10.0 Å². The number of anilines is 1. The van der Waals surface area contributed by atoms with Crippen molar-refractivity contribution in [3.63, 3.8) is 0 Å². The van der Waals surface area contributed by atoms with Gasteiger partial charge in [-0.3, -0.25) is 4.79 Å². The Morgan fingerprint density at radius 2 is 1.84 bits per heavy atom. The number of benzene rings is 2. The van der Waals surface area contributed by atoms with Crippen LogP contribution < -0.4 is 5.32 Å². The SMILES string of the molecule is O=C(Cc1ccccc1Br)Nc1ccc(Cl)c(Cl)c1. The van der Waals surface area contributed by atoms with Crippen LogP contribution in [0.5, 0.6) is 0 Å². The van der Waals surface area contributed by atoms with Gasteiger partial charge in [-0.25, -0.2) is 0 Å². The van der Waals surface area contributed by atoms with Crippen molar-refractivity contribution < 1.29 is 4.79 Å². The fourth-order valence-corrected chi connectivity index (χ4v) is 2.32. The highest BCUT2D eigenvalue weighted by Crippen LogP contribution is 2.25. The first-order chi connectivity index (χ1) is 9.06. The molecule has 98 valence electrons. The van der Waals surface area contributed by atoms with Crippen molar-refractivity contribution in [1.29, 1.82) is 0 Å². The molecule has 0 heterocycles. The number of hydrogen-bond acceptors (Lipinski definition) is 1. The Morgan fingerprint density at radius 3 is 2.53 bits per heavy atom. The van der Waals surface area contributed by atoms with Gasteiger partial charge >= 0.3 is 0 Å². The van der Waals surface area contributed by atoms with Crippen molar-refractivity contribution in [2.45, 2.75) is 6.42 Å². The Labute approximate surface area is 129 Å². The number of hydrogen-bond donors (Lipinski definition) is 1. The molecule has 0 atom stereocenters. The lowest BCUT2D eigenvalue weighted by Gasteiger charge is -2.07. The first-order valence-electron chi connectivity index (χ1n) is 5.54. The van der Waals surface area contributed by atoms with Gasteiger partial charge in [-0.2, -0.15) is 0 Å². The molecular formula is C14H10BrCl2NO. The summed E-state index contributed by atoms with van der Waals surface area (Å²) in [6, 6.07) is 12.6. The van der Waals surface area contributed by atoms with Crippen LogP contribution in [0, 0.1) is 0 Å². The van der Waals surface area contributed by atoms with E-state index in [0.29, 0.717) is 22.2 Å². The molecule has 2 nitrogen and oxygen atoms in total. The number of carbonyl (C=O) groups is 1. The standard InChI is InChI=1S/C14H10BrCl2NO/c15-11-4-2-1-3-9(11)7-14(19)18-10-5-6-12(16)13(17)8-10/h1-6,8H,7H2,(H,18,19). The molecule has 1 amide bonds. The number of rotatable bonds is 3. The monoisotopic (exact) mass is 357 g/mol. The van der Waals surface area contributed by atoms with Crippen molar-refractivity contribution >= 4 is 50.7 Å². The maximum Gasteiger partial charge on any atom is 0.228 e. The van der Waals surface area contributed by atoms with Crippen LogP contribution in [0.1, 0.15) is 5.56 Å². The summed E-state index contributed by atoms with van der Waals surface area (Å²) < 4.78 is 0.916. The second kappa shape index (κ2) is 6.42. The number of halogens is 3. The average Bonchev–Trinajstić information content (AvgIpc) is 2.37. The average molecular weight is 359 g/mol. The molecule has 2 rings (SSSR count). The van der Waals surface area contributed by atoms with Crippen molar-refractivity contribution in [1.82, 2.24) is 0 Å². The second-order valence-electron chi connectivity index (χ2n) is 3.95. The molecule has 0 spiro atoms. The Bertz CT molecular complexity index is 616. The van der Waals surface area contributed by atoms with E-state index in [1.165, 1.54) is 0 Å². The molecular weight excluding hydrogens is 349 g/mol. The van der Waals surface area contributed by atoms with Gasteiger partial charge in [0.05, 0.1) is 16.5 Å². The van der Waals surface area contributed by atoms with Gasteiger partial charge in [-0.1, -0.05) is 57.3 Å². The Hall–Kier alpha value is -1.03. The minimum atomic E-state index is -0.106. The first-order valence-corrected chi connectivity index (χ1v) is 7.09. The summed E-state index contributed by atoms with van der Waals surface area (Å²) in [6.45, 7) is 0. The summed E-state index contributed by atoms with van der Waals surface area (Å²) in [6.07, 6.45) is 0.293. The highest BCUT2D eigenvalue weighted by molar-refractivity contribution is 9.10. The molecule has 0 saturated carbocycles. The third kappa shape index (κ3) is 3.96. The number of nitrogens with one attached hydrogen (secondary N) is 1. The molecule has 0 aliphatic rings. The van der Waals surface area contributed by atoms with Crippen molar-refractivity contribution in [3.8, 4) is 0 Å². The van der Waals surface area contributed by atoms with Crippen LogP contribution in [-0.2, 0) is 11.2 Å². The molecule has 19 heavy (non-hydrogen) atoms. The van der Waals surface area contributed by atoms with E-state index >= 15 is 0 Å². The Balaban J connectivity index is 2.05. The first kappa shape index (κ1) is 14.4. The molecule has 0 aliphatic carbocycles. The highest BCUT2D eigenvalue weighted by atomic mass is 79.9. The largest absolute Gasteiger partial charge is 0.326 e. The number of carbonyl (C=O) groups excluding carboxylic acids is 1. The van der Waals surface area contributed by atoms with E-state index in [9.17, 15) is 4.79 Å². The maximum absolute atomic E-state index is 11.9. The van der Waals surface area contributed by atoms with Crippen LogP contribution in [0.3, 0.4) is 0 Å². The fraction of sp³-hybridized carbons (Fsp3) is 0.0714. The zero-order valence-corrected chi connectivity index (χ0v) is 12.9. The van der Waals surface area contributed by atoms with E-state index in [-0.39, 0.29) is 5.91 Å². The molecule has 5 heteroatoms. The molecule has 1 N–H and O–H groups in total. The van der Waals surface area contributed by atoms with E-state index < -0.39 is 0 Å². The quantitative estimate of drug-likeness (QED) is 0.827. The van der Waals surface area contributed by atoms with Crippen molar-refractivity contribution in [3.05, 3.63) is 62.5 Å². The van der Waals surface area contributed by atoms with E-state index in [1.54, 1.807) is 18.2 Å². The third-order valence-corrected chi connectivity index (χ3v) is 4.02. The third-order valence-electron chi connectivity index (χ3n) is 2.51. The fourth-order valence-electron chi connectivity index (χ4n) is 1.59. The summed E-state index contributed by atoms with van der Waals surface area (Å²) in [5, 5.41) is 3.66. The lowest BCUT2D eigenvalue weighted by Crippen LogP contribution is -2.14. The zero-order valence-electron chi connectivity index (χ0n) is 9.79. The molecule has 0 bridgehead atoms. The van der Waals surface area contributed by atoms with Crippen LogP contribution in [0.4, 0.5) is 5.69 Å². The van der Waals surface area contributed by atoms with Gasteiger partial charge < -0.3 is 5.32 Å².